The summed E-state index contributed by atoms with van der Waals surface area (Å²) in [7, 11) is -3.48. The fourth-order valence-electron chi connectivity index (χ4n) is 2.97. The van der Waals surface area contributed by atoms with Gasteiger partial charge >= 0.3 is 0 Å². The Balaban J connectivity index is 1.72. The minimum Gasteiger partial charge on any atom is -0.311 e. The Kier molecular flexibility index (Phi) is 4.22. The van der Waals surface area contributed by atoms with Gasteiger partial charge in [-0.05, 0) is 30.5 Å². The molecule has 0 atom stereocenters. The second-order valence-electron chi connectivity index (χ2n) is 5.95. The summed E-state index contributed by atoms with van der Waals surface area (Å²) in [4.78, 5) is 14.0. The van der Waals surface area contributed by atoms with Gasteiger partial charge in [0.05, 0.1) is 5.75 Å². The maximum atomic E-state index is 12.4. The van der Waals surface area contributed by atoms with Crippen LogP contribution < -0.4 is 4.90 Å². The first-order valence-electron chi connectivity index (χ1n) is 7.59. The summed E-state index contributed by atoms with van der Waals surface area (Å²) in [6.07, 6.45) is 0.778. The van der Waals surface area contributed by atoms with E-state index in [9.17, 15) is 13.2 Å². The van der Waals surface area contributed by atoms with Crippen LogP contribution in [0.4, 0.5) is 5.69 Å². The number of hydrogen-bond acceptors (Lipinski definition) is 3. The van der Waals surface area contributed by atoms with Gasteiger partial charge in [0.15, 0.2) is 9.84 Å². The molecule has 0 saturated carbocycles. The van der Waals surface area contributed by atoms with Crippen LogP contribution in [0.3, 0.4) is 0 Å². The lowest BCUT2D eigenvalue weighted by Gasteiger charge is -2.17. The third kappa shape index (κ3) is 3.62. The summed E-state index contributed by atoms with van der Waals surface area (Å²) in [5, 5.41) is 0. The van der Waals surface area contributed by atoms with Crippen LogP contribution in [0.1, 0.15) is 16.7 Å². The molecule has 23 heavy (non-hydrogen) atoms. The van der Waals surface area contributed by atoms with Gasteiger partial charge in [0.2, 0.25) is 5.91 Å². The van der Waals surface area contributed by atoms with Crippen LogP contribution in [-0.4, -0.2) is 26.6 Å². The highest BCUT2D eigenvalue weighted by Gasteiger charge is 2.27. The third-order valence-electron chi connectivity index (χ3n) is 4.00. The number of rotatable bonds is 4. The number of para-hydroxylation sites is 1. The fourth-order valence-corrected chi connectivity index (χ4v) is 4.29. The van der Waals surface area contributed by atoms with E-state index in [1.54, 1.807) is 11.0 Å². The molecule has 0 fully saturated rings. The van der Waals surface area contributed by atoms with Gasteiger partial charge in [-0.1, -0.05) is 48.0 Å². The van der Waals surface area contributed by atoms with Crippen molar-refractivity contribution in [1.29, 1.82) is 0 Å². The number of carbonyl (C=O) groups excluding carboxylic acids is 1. The monoisotopic (exact) mass is 329 g/mol. The molecule has 0 bridgehead atoms. The molecule has 120 valence electrons. The quantitative estimate of drug-likeness (QED) is 0.866. The molecule has 0 saturated heterocycles. The smallest absolute Gasteiger partial charge is 0.242 e. The van der Waals surface area contributed by atoms with Crippen molar-refractivity contribution in [2.24, 2.45) is 0 Å². The first-order valence-corrected chi connectivity index (χ1v) is 9.41. The average molecular weight is 329 g/mol. The molecule has 0 radical (unpaired) electrons. The number of benzene rings is 2. The molecule has 1 aliphatic heterocycles. The first-order chi connectivity index (χ1) is 10.9. The van der Waals surface area contributed by atoms with E-state index in [4.69, 9.17) is 0 Å². The predicted octanol–water partition coefficient (Wildman–Crippen LogP) is 2.50. The summed E-state index contributed by atoms with van der Waals surface area (Å²) in [5.74, 6) is -0.895. The molecule has 3 rings (SSSR count). The van der Waals surface area contributed by atoms with Crippen LogP contribution >= 0.6 is 0 Å². The summed E-state index contributed by atoms with van der Waals surface area (Å²) >= 11 is 0. The van der Waals surface area contributed by atoms with Crippen LogP contribution in [0.15, 0.2) is 48.5 Å². The van der Waals surface area contributed by atoms with Gasteiger partial charge in [-0.25, -0.2) is 8.42 Å². The lowest BCUT2D eigenvalue weighted by molar-refractivity contribution is -0.116. The SMILES string of the molecule is Cc1cccc(CS(=O)(=O)CC(=O)N2CCc3ccccc32)c1. The molecule has 1 aliphatic rings. The van der Waals surface area contributed by atoms with Crippen molar-refractivity contribution in [3.63, 3.8) is 0 Å². The number of aryl methyl sites for hydroxylation is 1. The minimum atomic E-state index is -3.48. The van der Waals surface area contributed by atoms with E-state index >= 15 is 0 Å². The van der Waals surface area contributed by atoms with Gasteiger partial charge in [-0.3, -0.25) is 4.79 Å². The number of nitrogens with zero attached hydrogens (tertiary/aromatic N) is 1. The Morgan fingerprint density at radius 2 is 1.91 bits per heavy atom. The van der Waals surface area contributed by atoms with Gasteiger partial charge < -0.3 is 4.90 Å². The normalized spacial score (nSPS) is 13.9. The molecule has 0 unspecified atom stereocenters. The molecule has 1 heterocycles. The summed E-state index contributed by atoms with van der Waals surface area (Å²) in [6.45, 7) is 2.47. The van der Waals surface area contributed by atoms with E-state index in [1.165, 1.54) is 0 Å². The summed E-state index contributed by atoms with van der Waals surface area (Å²) in [5.41, 5.74) is 3.66. The predicted molar refractivity (Wildman–Crippen MR) is 91.2 cm³/mol. The molecule has 0 aliphatic carbocycles. The zero-order valence-electron chi connectivity index (χ0n) is 13.0. The van der Waals surface area contributed by atoms with Gasteiger partial charge in [0.1, 0.15) is 5.75 Å². The molecule has 0 spiro atoms. The number of anilines is 1. The zero-order chi connectivity index (χ0) is 16.4. The van der Waals surface area contributed by atoms with Crippen molar-refractivity contribution in [1.82, 2.24) is 0 Å². The van der Waals surface area contributed by atoms with E-state index in [0.717, 1.165) is 28.8 Å². The Morgan fingerprint density at radius 1 is 1.13 bits per heavy atom. The van der Waals surface area contributed by atoms with Crippen molar-refractivity contribution in [3.05, 3.63) is 65.2 Å². The molecule has 5 heteroatoms. The number of fused-ring (bicyclic) bond motifs is 1. The zero-order valence-corrected chi connectivity index (χ0v) is 13.8. The van der Waals surface area contributed by atoms with E-state index in [-0.39, 0.29) is 11.7 Å². The Bertz CT molecular complexity index is 843. The Morgan fingerprint density at radius 3 is 2.70 bits per heavy atom. The maximum absolute atomic E-state index is 12.4. The second-order valence-corrected chi connectivity index (χ2v) is 8.01. The largest absolute Gasteiger partial charge is 0.311 e. The average Bonchev–Trinajstić information content (AvgIpc) is 2.90. The Labute approximate surface area is 136 Å². The van der Waals surface area contributed by atoms with Gasteiger partial charge in [-0.15, -0.1) is 0 Å². The molecule has 0 N–H and O–H groups in total. The third-order valence-corrected chi connectivity index (χ3v) is 5.46. The molecule has 2 aromatic rings. The van der Waals surface area contributed by atoms with E-state index < -0.39 is 15.6 Å². The molecular weight excluding hydrogens is 310 g/mol. The summed E-state index contributed by atoms with van der Waals surface area (Å²) < 4.78 is 24.7. The van der Waals surface area contributed by atoms with Crippen LogP contribution in [-0.2, 0) is 26.8 Å². The molecule has 1 amide bonds. The van der Waals surface area contributed by atoms with Crippen LogP contribution in [0.25, 0.3) is 0 Å². The van der Waals surface area contributed by atoms with Crippen LogP contribution in [0, 0.1) is 6.92 Å². The highest BCUT2D eigenvalue weighted by Crippen LogP contribution is 2.27. The maximum Gasteiger partial charge on any atom is 0.242 e. The first kappa shape index (κ1) is 15.7. The molecule has 2 aromatic carbocycles. The van der Waals surface area contributed by atoms with Gasteiger partial charge in [0.25, 0.3) is 0 Å². The number of hydrogen-bond donors (Lipinski definition) is 0. The highest BCUT2D eigenvalue weighted by molar-refractivity contribution is 7.91. The van der Waals surface area contributed by atoms with Crippen molar-refractivity contribution in [3.8, 4) is 0 Å². The van der Waals surface area contributed by atoms with Crippen molar-refractivity contribution < 1.29 is 13.2 Å². The minimum absolute atomic E-state index is 0.101. The van der Waals surface area contributed by atoms with Gasteiger partial charge in [0, 0.05) is 12.2 Å². The van der Waals surface area contributed by atoms with Crippen LogP contribution in [0.5, 0.6) is 0 Å². The molecule has 0 aromatic heterocycles. The van der Waals surface area contributed by atoms with Crippen LogP contribution in [0.2, 0.25) is 0 Å². The van der Waals surface area contributed by atoms with E-state index in [2.05, 4.69) is 0 Å². The lowest BCUT2D eigenvalue weighted by Crippen LogP contribution is -2.34. The van der Waals surface area contributed by atoms with Crippen molar-refractivity contribution in [2.45, 2.75) is 19.1 Å². The van der Waals surface area contributed by atoms with E-state index in [1.807, 2.05) is 49.4 Å². The topological polar surface area (TPSA) is 54.5 Å². The highest BCUT2D eigenvalue weighted by atomic mass is 32.2. The second kappa shape index (κ2) is 6.16. The van der Waals surface area contributed by atoms with Gasteiger partial charge in [-0.2, -0.15) is 0 Å². The lowest BCUT2D eigenvalue weighted by atomic mass is 10.2. The van der Waals surface area contributed by atoms with E-state index in [0.29, 0.717) is 6.54 Å². The van der Waals surface area contributed by atoms with Crippen molar-refractivity contribution >= 4 is 21.4 Å². The fraction of sp³-hybridized carbons (Fsp3) is 0.278. The number of carbonyl (C=O) groups is 1. The number of sulfone groups is 1. The standard InChI is InChI=1S/C18H19NO3S/c1-14-5-4-6-15(11-14)12-23(21,22)13-18(20)19-10-9-16-7-2-3-8-17(16)19/h2-8,11H,9-10,12-13H2,1H3. The Hall–Kier alpha value is -2.14. The van der Waals surface area contributed by atoms with Crippen molar-refractivity contribution in [2.75, 3.05) is 17.2 Å². The molecular formula is C18H19NO3S. The number of amides is 1. The summed E-state index contributed by atoms with van der Waals surface area (Å²) in [6, 6.07) is 15.0. The molecule has 4 nitrogen and oxygen atoms in total.